The molecule has 0 aliphatic carbocycles. The highest BCUT2D eigenvalue weighted by atomic mass is 19.1. The van der Waals surface area contributed by atoms with Gasteiger partial charge in [0.2, 0.25) is 0 Å². The number of anilines is 1. The highest BCUT2D eigenvalue weighted by molar-refractivity contribution is 5.76. The van der Waals surface area contributed by atoms with Crippen LogP contribution in [0.4, 0.5) is 14.9 Å². The lowest BCUT2D eigenvalue weighted by atomic mass is 10.2. The quantitative estimate of drug-likeness (QED) is 0.835. The molecule has 7 heteroatoms. The Kier molecular flexibility index (Phi) is 6.40. The first-order chi connectivity index (χ1) is 11.5. The summed E-state index contributed by atoms with van der Waals surface area (Å²) in [7, 11) is 0. The fraction of sp³-hybridized carbons (Fsp3) is 0.529. The maximum Gasteiger partial charge on any atom is 0.317 e. The van der Waals surface area contributed by atoms with E-state index in [9.17, 15) is 14.0 Å². The molecular formula is C17H24FN3O3. The Labute approximate surface area is 141 Å². The molecule has 1 aliphatic heterocycles. The zero-order valence-corrected chi connectivity index (χ0v) is 14.1. The smallest absolute Gasteiger partial charge is 0.317 e. The lowest BCUT2D eigenvalue weighted by Crippen LogP contribution is -2.52. The summed E-state index contributed by atoms with van der Waals surface area (Å²) in [6, 6.07) is 6.43. The minimum Gasteiger partial charge on any atom is -0.463 e. The van der Waals surface area contributed by atoms with Crippen LogP contribution in [-0.2, 0) is 9.53 Å². The number of amides is 2. The van der Waals surface area contributed by atoms with Crippen molar-refractivity contribution in [1.82, 2.24) is 10.2 Å². The zero-order chi connectivity index (χ0) is 17.5. The summed E-state index contributed by atoms with van der Waals surface area (Å²) < 4.78 is 18.8. The highest BCUT2D eigenvalue weighted by Crippen LogP contribution is 2.20. The molecule has 1 heterocycles. The van der Waals surface area contributed by atoms with Crippen LogP contribution in [-0.4, -0.2) is 55.7 Å². The summed E-state index contributed by atoms with van der Waals surface area (Å²) in [4.78, 5) is 27.1. The number of nitrogens with zero attached hydrogens (tertiary/aromatic N) is 2. The predicted octanol–water partition coefficient (Wildman–Crippen LogP) is 2.00. The second-order valence-electron chi connectivity index (χ2n) is 5.95. The maximum absolute atomic E-state index is 13.8. The van der Waals surface area contributed by atoms with Crippen molar-refractivity contribution in [1.29, 1.82) is 0 Å². The van der Waals surface area contributed by atoms with Crippen molar-refractivity contribution < 1.29 is 18.7 Å². The Morgan fingerprint density at radius 1 is 1.21 bits per heavy atom. The van der Waals surface area contributed by atoms with Gasteiger partial charge in [-0.2, -0.15) is 0 Å². The van der Waals surface area contributed by atoms with Crippen molar-refractivity contribution in [2.45, 2.75) is 26.4 Å². The van der Waals surface area contributed by atoms with E-state index >= 15 is 0 Å². The van der Waals surface area contributed by atoms with Crippen molar-refractivity contribution >= 4 is 17.7 Å². The fourth-order valence-electron chi connectivity index (χ4n) is 2.56. The van der Waals surface area contributed by atoms with E-state index in [-0.39, 0.29) is 36.9 Å². The van der Waals surface area contributed by atoms with Crippen molar-refractivity contribution in [3.8, 4) is 0 Å². The first-order valence-electron chi connectivity index (χ1n) is 8.19. The predicted molar refractivity (Wildman–Crippen MR) is 89.4 cm³/mol. The van der Waals surface area contributed by atoms with Crippen LogP contribution in [0.2, 0.25) is 0 Å². The van der Waals surface area contributed by atoms with E-state index in [4.69, 9.17) is 4.74 Å². The molecule has 1 aromatic rings. The molecule has 1 aromatic carbocycles. The Morgan fingerprint density at radius 2 is 1.88 bits per heavy atom. The summed E-state index contributed by atoms with van der Waals surface area (Å²) in [5, 5.41) is 2.72. The number of hydrogen-bond acceptors (Lipinski definition) is 4. The summed E-state index contributed by atoms with van der Waals surface area (Å²) in [6.45, 7) is 5.98. The molecule has 0 atom stereocenters. The monoisotopic (exact) mass is 337 g/mol. The normalized spacial score (nSPS) is 14.7. The van der Waals surface area contributed by atoms with E-state index in [1.54, 1.807) is 36.9 Å². The molecule has 1 aliphatic rings. The molecular weight excluding hydrogens is 313 g/mol. The summed E-state index contributed by atoms with van der Waals surface area (Å²) in [6.07, 6.45) is -0.00120. The molecule has 0 saturated carbocycles. The third kappa shape index (κ3) is 5.11. The van der Waals surface area contributed by atoms with Gasteiger partial charge in [-0.15, -0.1) is 0 Å². The molecule has 6 nitrogen and oxygen atoms in total. The molecule has 0 unspecified atom stereocenters. The van der Waals surface area contributed by atoms with Gasteiger partial charge in [0.1, 0.15) is 5.82 Å². The second kappa shape index (κ2) is 8.52. The van der Waals surface area contributed by atoms with Gasteiger partial charge in [0.05, 0.1) is 18.2 Å². The number of benzene rings is 1. The van der Waals surface area contributed by atoms with Gasteiger partial charge in [0.15, 0.2) is 0 Å². The van der Waals surface area contributed by atoms with Crippen molar-refractivity contribution in [2.24, 2.45) is 0 Å². The van der Waals surface area contributed by atoms with Gasteiger partial charge in [-0.3, -0.25) is 4.79 Å². The van der Waals surface area contributed by atoms with Gasteiger partial charge in [-0.1, -0.05) is 12.1 Å². The number of halogens is 1. The number of ether oxygens (including phenoxy) is 1. The van der Waals surface area contributed by atoms with E-state index in [0.717, 1.165) is 0 Å². The van der Waals surface area contributed by atoms with Crippen molar-refractivity contribution in [2.75, 3.05) is 37.6 Å². The van der Waals surface area contributed by atoms with E-state index in [0.29, 0.717) is 31.9 Å². The minimum atomic E-state index is -0.324. The van der Waals surface area contributed by atoms with Crippen LogP contribution in [0.15, 0.2) is 24.3 Å². The molecule has 24 heavy (non-hydrogen) atoms. The van der Waals surface area contributed by atoms with E-state index in [2.05, 4.69) is 5.32 Å². The van der Waals surface area contributed by atoms with Crippen LogP contribution in [0.5, 0.6) is 0 Å². The topological polar surface area (TPSA) is 61.9 Å². The Morgan fingerprint density at radius 3 is 2.50 bits per heavy atom. The number of rotatable bonds is 5. The van der Waals surface area contributed by atoms with Crippen LogP contribution >= 0.6 is 0 Å². The minimum absolute atomic E-state index is 0.152. The maximum atomic E-state index is 13.8. The number of carbonyl (C=O) groups excluding carboxylic acids is 2. The standard InChI is InChI=1S/C17H24FN3O3/c1-13(2)24-16(22)7-8-19-17(23)21-11-9-20(10-12-21)15-6-4-3-5-14(15)18/h3-6,13H,7-12H2,1-2H3,(H,19,23). The SMILES string of the molecule is CC(C)OC(=O)CCNC(=O)N1CCN(c2ccccc2F)CC1. The van der Waals surface area contributed by atoms with Gasteiger partial charge in [0, 0.05) is 32.7 Å². The van der Waals surface area contributed by atoms with E-state index in [1.165, 1.54) is 6.07 Å². The van der Waals surface area contributed by atoms with E-state index in [1.807, 2.05) is 4.90 Å². The number of carbonyl (C=O) groups is 2. The van der Waals surface area contributed by atoms with Gasteiger partial charge < -0.3 is 19.9 Å². The van der Waals surface area contributed by atoms with Crippen molar-refractivity contribution in [3.63, 3.8) is 0 Å². The summed E-state index contributed by atoms with van der Waals surface area (Å²) in [5.41, 5.74) is 0.564. The molecule has 1 fully saturated rings. The summed E-state index contributed by atoms with van der Waals surface area (Å²) in [5.74, 6) is -0.575. The molecule has 1 N–H and O–H groups in total. The first-order valence-corrected chi connectivity index (χ1v) is 8.19. The average molecular weight is 337 g/mol. The molecule has 0 bridgehead atoms. The molecule has 2 rings (SSSR count). The summed E-state index contributed by atoms with van der Waals surface area (Å²) >= 11 is 0. The molecule has 0 radical (unpaired) electrons. The molecule has 1 saturated heterocycles. The number of urea groups is 1. The third-order valence-corrected chi connectivity index (χ3v) is 3.73. The molecule has 0 aromatic heterocycles. The fourth-order valence-corrected chi connectivity index (χ4v) is 2.56. The zero-order valence-electron chi connectivity index (χ0n) is 14.1. The van der Waals surface area contributed by atoms with Gasteiger partial charge >= 0.3 is 12.0 Å². The van der Waals surface area contributed by atoms with Crippen LogP contribution in [0.25, 0.3) is 0 Å². The van der Waals surface area contributed by atoms with Crippen LogP contribution in [0.3, 0.4) is 0 Å². The number of piperazine rings is 1. The van der Waals surface area contributed by atoms with E-state index < -0.39 is 0 Å². The number of hydrogen-bond donors (Lipinski definition) is 1. The highest BCUT2D eigenvalue weighted by Gasteiger charge is 2.22. The molecule has 0 spiro atoms. The molecule has 132 valence electrons. The average Bonchev–Trinajstić information content (AvgIpc) is 2.54. The molecule has 2 amide bonds. The number of nitrogens with one attached hydrogen (secondary N) is 1. The van der Waals surface area contributed by atoms with Gasteiger partial charge in [-0.25, -0.2) is 9.18 Å². The van der Waals surface area contributed by atoms with Crippen LogP contribution in [0, 0.1) is 5.82 Å². The van der Waals surface area contributed by atoms with Gasteiger partial charge in [-0.05, 0) is 26.0 Å². The van der Waals surface area contributed by atoms with Crippen LogP contribution < -0.4 is 10.2 Å². The van der Waals surface area contributed by atoms with Gasteiger partial charge in [0.25, 0.3) is 0 Å². The lowest BCUT2D eigenvalue weighted by Gasteiger charge is -2.36. The Bertz CT molecular complexity index is 572. The Balaban J connectivity index is 1.73. The second-order valence-corrected chi connectivity index (χ2v) is 5.95. The number of para-hydroxylation sites is 1. The Hall–Kier alpha value is -2.31. The number of esters is 1. The first kappa shape index (κ1) is 18.0. The lowest BCUT2D eigenvalue weighted by molar-refractivity contribution is -0.147. The largest absolute Gasteiger partial charge is 0.463 e. The third-order valence-electron chi connectivity index (χ3n) is 3.73. The van der Waals surface area contributed by atoms with Crippen LogP contribution in [0.1, 0.15) is 20.3 Å². The van der Waals surface area contributed by atoms with Crippen molar-refractivity contribution in [3.05, 3.63) is 30.1 Å².